The molecule has 1 amide bonds. The number of methoxy groups -OCH3 is 2. The van der Waals surface area contributed by atoms with E-state index in [0.717, 1.165) is 27.1 Å². The van der Waals surface area contributed by atoms with Gasteiger partial charge in [0, 0.05) is 53.9 Å². The van der Waals surface area contributed by atoms with E-state index in [4.69, 9.17) is 29.0 Å². The number of carbonyl (C=O) groups excluding carboxylic acids is 4. The lowest BCUT2D eigenvalue weighted by Crippen LogP contribution is -2.39. The quantitative estimate of drug-likeness (QED) is 0.0674. The van der Waals surface area contributed by atoms with Crippen LogP contribution in [0.1, 0.15) is 84.8 Å². The molecule has 0 aliphatic heterocycles. The van der Waals surface area contributed by atoms with E-state index >= 15 is 0 Å². The lowest BCUT2D eigenvalue weighted by Gasteiger charge is -2.26. The molecular formula is C48H52F2N6O10. The van der Waals surface area contributed by atoms with Gasteiger partial charge in [0.15, 0.2) is 11.4 Å². The maximum Gasteiger partial charge on any atom is 0.534 e. The van der Waals surface area contributed by atoms with Gasteiger partial charge < -0.3 is 33.3 Å². The number of halogens is 2. The van der Waals surface area contributed by atoms with E-state index in [9.17, 15) is 28.0 Å². The Labute approximate surface area is 379 Å². The van der Waals surface area contributed by atoms with Crippen LogP contribution in [0, 0.1) is 11.6 Å². The minimum absolute atomic E-state index is 0.0580. The highest BCUT2D eigenvalue weighted by Crippen LogP contribution is 2.27. The van der Waals surface area contributed by atoms with Gasteiger partial charge in [-0.25, -0.2) is 43.4 Å². The Morgan fingerprint density at radius 1 is 0.682 bits per heavy atom. The molecule has 0 radical (unpaired) electrons. The zero-order chi connectivity index (χ0) is 48.2. The van der Waals surface area contributed by atoms with Crippen molar-refractivity contribution < 1.29 is 57.0 Å². The fourth-order valence-corrected chi connectivity index (χ4v) is 6.38. The average molecular weight is 911 g/mol. The number of benzene rings is 2. The predicted molar refractivity (Wildman–Crippen MR) is 241 cm³/mol. The Hall–Kier alpha value is -7.44. The average Bonchev–Trinajstić information content (AvgIpc) is 3.87. The van der Waals surface area contributed by atoms with E-state index in [1.807, 2.05) is 39.1 Å². The van der Waals surface area contributed by atoms with Crippen molar-refractivity contribution in [3.8, 4) is 0 Å². The summed E-state index contributed by atoms with van der Waals surface area (Å²) in [6, 6.07) is 16.2. The second kappa shape index (κ2) is 22.0. The van der Waals surface area contributed by atoms with Crippen molar-refractivity contribution in [2.45, 2.75) is 65.8 Å². The van der Waals surface area contributed by atoms with Crippen molar-refractivity contribution >= 4 is 58.1 Å². The van der Waals surface area contributed by atoms with Crippen molar-refractivity contribution in [2.24, 2.45) is 0 Å². The van der Waals surface area contributed by atoms with E-state index in [0.29, 0.717) is 35.1 Å². The summed E-state index contributed by atoms with van der Waals surface area (Å²) in [5.41, 5.74) is 5.01. The van der Waals surface area contributed by atoms with Gasteiger partial charge in [-0.05, 0) is 89.1 Å². The van der Waals surface area contributed by atoms with Crippen LogP contribution in [-0.4, -0.2) is 92.1 Å². The molecule has 4 heterocycles. The summed E-state index contributed by atoms with van der Waals surface area (Å²) in [6.07, 6.45) is 11.4. The molecule has 6 rings (SSSR count). The molecule has 0 saturated heterocycles. The number of pyridine rings is 2. The van der Waals surface area contributed by atoms with Crippen molar-refractivity contribution in [1.82, 2.24) is 29.6 Å². The van der Waals surface area contributed by atoms with Crippen LogP contribution in [0.25, 0.3) is 34.0 Å². The monoisotopic (exact) mass is 910 g/mol. The van der Waals surface area contributed by atoms with Crippen LogP contribution >= 0.6 is 0 Å². The summed E-state index contributed by atoms with van der Waals surface area (Å²) >= 11 is 0. The lowest BCUT2D eigenvalue weighted by atomic mass is 10.1. The number of rotatable bonds is 12. The number of hydrogen-bond acceptors (Lipinski definition) is 13. The van der Waals surface area contributed by atoms with Crippen LogP contribution in [0.15, 0.2) is 97.6 Å². The molecule has 0 unspecified atom stereocenters. The molecule has 16 nitrogen and oxygen atoms in total. The van der Waals surface area contributed by atoms with Crippen LogP contribution in [0.2, 0.25) is 0 Å². The van der Waals surface area contributed by atoms with Gasteiger partial charge in [0.25, 0.3) is 0 Å². The third-order valence-corrected chi connectivity index (χ3v) is 9.25. The Kier molecular flexibility index (Phi) is 16.5. The zero-order valence-electron chi connectivity index (χ0n) is 37.8. The van der Waals surface area contributed by atoms with E-state index in [2.05, 4.69) is 9.97 Å². The van der Waals surface area contributed by atoms with Crippen LogP contribution in [-0.2, 0) is 36.9 Å². The highest BCUT2D eigenvalue weighted by Gasteiger charge is 2.28. The highest BCUT2D eigenvalue weighted by atomic mass is 19.1. The molecule has 4 aromatic heterocycles. The second-order valence-corrected chi connectivity index (χ2v) is 16.5. The van der Waals surface area contributed by atoms with Crippen molar-refractivity contribution in [1.29, 1.82) is 0 Å². The molecule has 348 valence electrons. The first kappa shape index (κ1) is 49.6. The number of aromatic nitrogens is 4. The van der Waals surface area contributed by atoms with Crippen molar-refractivity contribution in [3.05, 3.63) is 143 Å². The molecule has 66 heavy (non-hydrogen) atoms. The van der Waals surface area contributed by atoms with E-state index in [1.165, 1.54) is 44.6 Å². The number of hydroxylamine groups is 3. The highest BCUT2D eigenvalue weighted by molar-refractivity contribution is 6.01. The van der Waals surface area contributed by atoms with E-state index in [-0.39, 0.29) is 36.1 Å². The number of nitrogens with zero attached hydrogens (tertiary/aromatic N) is 5. The van der Waals surface area contributed by atoms with E-state index in [1.54, 1.807) is 96.4 Å². The van der Waals surface area contributed by atoms with Crippen LogP contribution < -0.4 is 5.48 Å². The standard InChI is InChI=1S/C29H34FN3O7.C19H18FN3O3/c1-28(2,3)38-26(35)33(40-27(36)39-29(4,5)6)15-8-9-22-21-14-16-32(18-19-10-12-20(30)13-11-19)23(21)17-31-24(22)25(34)37-7;1-26-19(24)18-16(3-2-9-22-25)15-8-10-23(17(15)11-21-18)12-13-4-6-14(20)7-5-13/h8-14,16-17H,15,18H2,1-7H3;2-8,10-11,22,25H,9,12H2,1H3/b9-8-;3-2-. The summed E-state index contributed by atoms with van der Waals surface area (Å²) < 4.78 is 50.5. The summed E-state index contributed by atoms with van der Waals surface area (Å²) in [5.74, 6) is -1.79. The van der Waals surface area contributed by atoms with Crippen LogP contribution in [0.3, 0.4) is 0 Å². The number of hydrogen-bond donors (Lipinski definition) is 2. The normalized spacial score (nSPS) is 11.7. The van der Waals surface area contributed by atoms with Crippen molar-refractivity contribution in [2.75, 3.05) is 27.3 Å². The Bertz CT molecular complexity index is 2720. The Morgan fingerprint density at radius 3 is 1.53 bits per heavy atom. The molecule has 0 bridgehead atoms. The Balaban J connectivity index is 0.000000270. The smallest absolute Gasteiger partial charge is 0.464 e. The summed E-state index contributed by atoms with van der Waals surface area (Å²) in [6.45, 7) is 11.0. The van der Waals surface area contributed by atoms with Gasteiger partial charge in [0.05, 0.1) is 44.2 Å². The number of fused-ring (bicyclic) bond motifs is 2. The van der Waals surface area contributed by atoms with Crippen LogP contribution in [0.4, 0.5) is 18.4 Å². The number of ether oxygens (including phenoxy) is 4. The zero-order valence-corrected chi connectivity index (χ0v) is 37.8. The summed E-state index contributed by atoms with van der Waals surface area (Å²) in [4.78, 5) is 63.3. The molecule has 0 atom stereocenters. The number of nitrogens with one attached hydrogen (secondary N) is 1. The minimum atomic E-state index is -1.08. The molecular weight excluding hydrogens is 859 g/mol. The first-order valence-corrected chi connectivity index (χ1v) is 20.5. The lowest BCUT2D eigenvalue weighted by molar-refractivity contribution is -0.130. The number of amides is 1. The fourth-order valence-electron chi connectivity index (χ4n) is 6.38. The van der Waals surface area contributed by atoms with Crippen molar-refractivity contribution in [3.63, 3.8) is 0 Å². The minimum Gasteiger partial charge on any atom is -0.464 e. The molecule has 2 N–H and O–H groups in total. The molecule has 2 aromatic carbocycles. The molecule has 0 fully saturated rings. The van der Waals surface area contributed by atoms with E-state index < -0.39 is 35.4 Å². The molecule has 6 aromatic rings. The van der Waals surface area contributed by atoms with Crippen LogP contribution in [0.5, 0.6) is 0 Å². The number of esters is 2. The third-order valence-electron chi connectivity index (χ3n) is 9.25. The van der Waals surface area contributed by atoms with Gasteiger partial charge in [-0.2, -0.15) is 0 Å². The summed E-state index contributed by atoms with van der Waals surface area (Å²) in [7, 11) is 2.55. The van der Waals surface area contributed by atoms with Gasteiger partial charge >= 0.3 is 24.2 Å². The first-order valence-electron chi connectivity index (χ1n) is 20.5. The van der Waals surface area contributed by atoms with Gasteiger partial charge in [-0.1, -0.05) is 48.6 Å². The number of carbonyl (C=O) groups is 4. The topological polar surface area (TPSA) is 186 Å². The largest absolute Gasteiger partial charge is 0.534 e. The second-order valence-electron chi connectivity index (χ2n) is 16.5. The first-order chi connectivity index (χ1) is 31.3. The SMILES string of the molecule is COC(=O)c1ncc2c(ccn2Cc2ccc(F)cc2)c1/C=C\CN(OC(=O)OC(C)(C)C)C(=O)OC(C)(C)C.COC(=O)c1ncc2c(ccn2Cc2ccc(F)cc2)c1/C=C\CNO. The maximum atomic E-state index is 13.3. The molecule has 0 spiro atoms. The molecule has 0 aliphatic rings. The molecule has 18 heteroatoms. The predicted octanol–water partition coefficient (Wildman–Crippen LogP) is 9.13. The molecule has 0 aliphatic carbocycles. The fraction of sp³-hybridized carbons (Fsp3) is 0.292. The Morgan fingerprint density at radius 2 is 1.12 bits per heavy atom. The van der Waals surface area contributed by atoms with Gasteiger partial charge in [0.2, 0.25) is 0 Å². The van der Waals surface area contributed by atoms with Gasteiger partial charge in [-0.3, -0.25) is 4.84 Å². The maximum absolute atomic E-state index is 13.3. The third kappa shape index (κ3) is 13.5. The van der Waals surface area contributed by atoms with Gasteiger partial charge in [-0.15, -0.1) is 5.06 Å². The van der Waals surface area contributed by atoms with Gasteiger partial charge in [0.1, 0.15) is 22.8 Å². The summed E-state index contributed by atoms with van der Waals surface area (Å²) in [5, 5.41) is 11.0. The molecule has 0 saturated carbocycles.